The third-order valence-electron chi connectivity index (χ3n) is 7.01. The van der Waals surface area contributed by atoms with E-state index in [-0.39, 0.29) is 5.91 Å². The molecule has 0 bridgehead atoms. The summed E-state index contributed by atoms with van der Waals surface area (Å²) in [4.78, 5) is 26.3. The molecule has 0 radical (unpaired) electrons. The minimum absolute atomic E-state index is 0.130. The Balaban J connectivity index is 1.13. The molecule has 7 nitrogen and oxygen atoms in total. The lowest BCUT2D eigenvalue weighted by Gasteiger charge is -2.30. The second kappa shape index (κ2) is 11.8. The summed E-state index contributed by atoms with van der Waals surface area (Å²) < 4.78 is 5.81. The molecule has 2 aliphatic rings. The monoisotopic (exact) mass is 515 g/mol. The molecular weight excluding hydrogens is 478 g/mol. The van der Waals surface area contributed by atoms with Gasteiger partial charge >= 0.3 is 0 Å². The number of hydrogen-bond donors (Lipinski definition) is 1. The van der Waals surface area contributed by atoms with E-state index in [9.17, 15) is 10.1 Å². The van der Waals surface area contributed by atoms with Crippen molar-refractivity contribution in [1.82, 2.24) is 20.2 Å². The molecule has 4 rings (SSSR count). The van der Waals surface area contributed by atoms with Crippen LogP contribution in [0.3, 0.4) is 0 Å². The van der Waals surface area contributed by atoms with Crippen molar-refractivity contribution in [2.75, 3.05) is 26.2 Å². The number of rotatable bonds is 9. The zero-order valence-corrected chi connectivity index (χ0v) is 22.8. The van der Waals surface area contributed by atoms with Gasteiger partial charge in [-0.3, -0.25) is 4.79 Å². The summed E-state index contributed by atoms with van der Waals surface area (Å²) in [6.07, 6.45) is 10.1. The van der Waals surface area contributed by atoms with Crippen LogP contribution in [0.4, 0.5) is 0 Å². The maximum atomic E-state index is 12.4. The van der Waals surface area contributed by atoms with Crippen LogP contribution in [0.2, 0.25) is 0 Å². The SMILES string of the molecule is Cc1ncc(CC(=O)NC2CCC(CCN3CCc4nc(OCC(C)(C)C#N)sc4CC3)CC2)s1. The Kier molecular flexibility index (Phi) is 8.79. The van der Waals surface area contributed by atoms with Crippen molar-refractivity contribution in [1.29, 1.82) is 5.26 Å². The second-order valence-electron chi connectivity index (χ2n) is 10.6. The number of hydrogen-bond acceptors (Lipinski definition) is 8. The van der Waals surface area contributed by atoms with Gasteiger partial charge in [-0.1, -0.05) is 11.3 Å². The van der Waals surface area contributed by atoms with E-state index < -0.39 is 5.41 Å². The second-order valence-corrected chi connectivity index (χ2v) is 12.9. The molecule has 9 heteroatoms. The fourth-order valence-electron chi connectivity index (χ4n) is 4.83. The maximum absolute atomic E-state index is 12.4. The highest BCUT2D eigenvalue weighted by Gasteiger charge is 2.25. The van der Waals surface area contributed by atoms with E-state index in [0.717, 1.165) is 61.1 Å². The number of aromatic nitrogens is 2. The molecule has 1 aliphatic carbocycles. The normalized spacial score (nSPS) is 21.1. The number of fused-ring (bicyclic) bond motifs is 1. The van der Waals surface area contributed by atoms with Crippen molar-refractivity contribution >= 4 is 28.6 Å². The quantitative estimate of drug-likeness (QED) is 0.527. The van der Waals surface area contributed by atoms with E-state index in [1.54, 1.807) is 22.7 Å². The van der Waals surface area contributed by atoms with Crippen molar-refractivity contribution in [3.63, 3.8) is 0 Å². The Bertz CT molecular complexity index is 1010. The molecule has 1 fully saturated rings. The molecule has 2 aromatic rings. The summed E-state index contributed by atoms with van der Waals surface area (Å²) >= 11 is 3.25. The molecule has 1 aliphatic heterocycles. The number of carbonyl (C=O) groups excluding carboxylic acids is 1. The molecule has 0 spiro atoms. The fraction of sp³-hybridized carbons (Fsp3) is 0.692. The van der Waals surface area contributed by atoms with Gasteiger partial charge in [-0.25, -0.2) is 9.97 Å². The van der Waals surface area contributed by atoms with Crippen LogP contribution in [0.5, 0.6) is 5.19 Å². The van der Waals surface area contributed by atoms with Gasteiger partial charge in [-0.05, 0) is 71.8 Å². The van der Waals surface area contributed by atoms with E-state index in [0.29, 0.717) is 24.3 Å². The Labute approximate surface area is 216 Å². The van der Waals surface area contributed by atoms with Gasteiger partial charge in [0.15, 0.2) is 0 Å². The lowest BCUT2D eigenvalue weighted by molar-refractivity contribution is -0.121. The number of amides is 1. The number of nitriles is 1. The Morgan fingerprint density at radius 1 is 1.26 bits per heavy atom. The minimum Gasteiger partial charge on any atom is -0.468 e. The number of ether oxygens (including phenoxy) is 1. The van der Waals surface area contributed by atoms with E-state index in [1.165, 1.54) is 29.8 Å². The van der Waals surface area contributed by atoms with Gasteiger partial charge < -0.3 is 15.0 Å². The molecule has 0 saturated heterocycles. The average molecular weight is 516 g/mol. The summed E-state index contributed by atoms with van der Waals surface area (Å²) in [5.74, 6) is 0.885. The van der Waals surface area contributed by atoms with Crippen molar-refractivity contribution in [3.8, 4) is 11.3 Å². The topological polar surface area (TPSA) is 91.1 Å². The summed E-state index contributed by atoms with van der Waals surface area (Å²) in [7, 11) is 0. The molecule has 1 saturated carbocycles. The Morgan fingerprint density at radius 3 is 2.74 bits per heavy atom. The van der Waals surface area contributed by atoms with Gasteiger partial charge in [-0.2, -0.15) is 5.26 Å². The first-order chi connectivity index (χ1) is 16.8. The number of aryl methyl sites for hydroxylation is 1. The van der Waals surface area contributed by atoms with Crippen LogP contribution in [0.1, 0.15) is 66.4 Å². The third kappa shape index (κ3) is 7.73. The smallest absolute Gasteiger partial charge is 0.273 e. The summed E-state index contributed by atoms with van der Waals surface area (Å²) in [5, 5.41) is 14.1. The lowest BCUT2D eigenvalue weighted by Crippen LogP contribution is -2.38. The molecule has 2 aromatic heterocycles. The van der Waals surface area contributed by atoms with E-state index in [4.69, 9.17) is 9.72 Å². The number of thiazole rings is 2. The number of nitrogens with zero attached hydrogens (tertiary/aromatic N) is 4. The molecule has 1 N–H and O–H groups in total. The minimum atomic E-state index is -0.494. The molecule has 0 atom stereocenters. The average Bonchev–Trinajstić information content (AvgIpc) is 3.38. The van der Waals surface area contributed by atoms with Crippen LogP contribution in [-0.4, -0.2) is 53.1 Å². The summed E-state index contributed by atoms with van der Waals surface area (Å²) in [6.45, 7) is 9.37. The zero-order chi connectivity index (χ0) is 24.8. The summed E-state index contributed by atoms with van der Waals surface area (Å²) in [6, 6.07) is 2.60. The van der Waals surface area contributed by atoms with Gasteiger partial charge in [0, 0.05) is 41.5 Å². The highest BCUT2D eigenvalue weighted by atomic mass is 32.1. The molecule has 3 heterocycles. The van der Waals surface area contributed by atoms with Gasteiger partial charge in [0.2, 0.25) is 5.91 Å². The predicted molar refractivity (Wildman–Crippen MR) is 140 cm³/mol. The molecule has 190 valence electrons. The molecule has 35 heavy (non-hydrogen) atoms. The fourth-order valence-corrected chi connectivity index (χ4v) is 6.57. The van der Waals surface area contributed by atoms with Crippen LogP contribution >= 0.6 is 22.7 Å². The highest BCUT2D eigenvalue weighted by Crippen LogP contribution is 2.31. The Hall–Kier alpha value is -2.02. The lowest BCUT2D eigenvalue weighted by atomic mass is 9.84. The van der Waals surface area contributed by atoms with Crippen LogP contribution in [0.15, 0.2) is 6.20 Å². The van der Waals surface area contributed by atoms with E-state index >= 15 is 0 Å². The summed E-state index contributed by atoms with van der Waals surface area (Å²) in [5.41, 5.74) is 0.679. The predicted octanol–water partition coefficient (Wildman–Crippen LogP) is 4.55. The molecular formula is C26H37N5O2S2. The first kappa shape index (κ1) is 26.1. The van der Waals surface area contributed by atoms with Crippen LogP contribution in [0, 0.1) is 29.6 Å². The highest BCUT2D eigenvalue weighted by molar-refractivity contribution is 7.13. The van der Waals surface area contributed by atoms with E-state index in [1.807, 2.05) is 27.0 Å². The largest absolute Gasteiger partial charge is 0.468 e. The van der Waals surface area contributed by atoms with Crippen LogP contribution in [0.25, 0.3) is 0 Å². The van der Waals surface area contributed by atoms with Crippen molar-refractivity contribution < 1.29 is 9.53 Å². The van der Waals surface area contributed by atoms with Crippen molar-refractivity contribution in [3.05, 3.63) is 26.7 Å². The molecule has 0 aromatic carbocycles. The van der Waals surface area contributed by atoms with Crippen molar-refractivity contribution in [2.24, 2.45) is 11.3 Å². The standard InChI is InChI=1S/C26H37N5O2S2/c1-18-28-15-21(34-18)14-24(32)29-20-6-4-19(5-7-20)8-11-31-12-9-22-23(10-13-31)35-25(30-22)33-17-26(2,3)16-27/h15,19-20H,4-14,17H2,1-3H3,(H,29,32). The number of nitrogens with one attached hydrogen (secondary N) is 1. The first-order valence-corrected chi connectivity index (χ1v) is 14.4. The first-order valence-electron chi connectivity index (χ1n) is 12.8. The van der Waals surface area contributed by atoms with Crippen molar-refractivity contribution in [2.45, 2.75) is 78.2 Å². The van der Waals surface area contributed by atoms with E-state index in [2.05, 4.69) is 21.3 Å². The molecule has 1 amide bonds. The zero-order valence-electron chi connectivity index (χ0n) is 21.1. The maximum Gasteiger partial charge on any atom is 0.273 e. The molecule has 0 unspecified atom stereocenters. The third-order valence-corrected chi connectivity index (χ3v) is 8.99. The van der Waals surface area contributed by atoms with Gasteiger partial charge in [0.25, 0.3) is 5.19 Å². The Morgan fingerprint density at radius 2 is 2.03 bits per heavy atom. The number of carbonyl (C=O) groups is 1. The van der Waals surface area contributed by atoms with Gasteiger partial charge in [0.05, 0.1) is 28.6 Å². The van der Waals surface area contributed by atoms with Crippen LogP contribution in [-0.2, 0) is 24.1 Å². The van der Waals surface area contributed by atoms with Gasteiger partial charge in [-0.15, -0.1) is 11.3 Å². The van der Waals surface area contributed by atoms with Crippen LogP contribution < -0.4 is 10.1 Å². The van der Waals surface area contributed by atoms with Gasteiger partial charge in [0.1, 0.15) is 6.61 Å².